The number of carbonyl (C=O) groups excluding carboxylic acids is 3. The Bertz CT molecular complexity index is 285. The molecule has 0 aliphatic rings. The SMILES string of the molecule is CCC(=O)CCN(CCC(=O)CC)C(=O)CCSC. The molecule has 1 amide bonds. The molecule has 0 aromatic rings. The van der Waals surface area contributed by atoms with Crippen LogP contribution in [-0.4, -0.2) is 47.5 Å². The van der Waals surface area contributed by atoms with Crippen molar-refractivity contribution in [3.63, 3.8) is 0 Å². The first-order valence-corrected chi connectivity index (χ1v) is 8.24. The molecule has 0 unspecified atom stereocenters. The molecule has 0 rings (SSSR count). The highest BCUT2D eigenvalue weighted by molar-refractivity contribution is 7.98. The van der Waals surface area contributed by atoms with Gasteiger partial charge in [0.15, 0.2) is 0 Å². The van der Waals surface area contributed by atoms with Crippen molar-refractivity contribution in [2.75, 3.05) is 25.1 Å². The third-order valence-electron chi connectivity index (χ3n) is 2.98. The summed E-state index contributed by atoms with van der Waals surface area (Å²) in [7, 11) is 0. The molecule has 0 spiro atoms. The first-order chi connectivity index (χ1) is 9.04. The molecule has 0 fully saturated rings. The van der Waals surface area contributed by atoms with Crippen LogP contribution in [0.3, 0.4) is 0 Å². The van der Waals surface area contributed by atoms with Crippen LogP contribution in [0.15, 0.2) is 0 Å². The number of hydrogen-bond donors (Lipinski definition) is 0. The van der Waals surface area contributed by atoms with Crippen molar-refractivity contribution in [3.05, 3.63) is 0 Å². The van der Waals surface area contributed by atoms with Gasteiger partial charge in [-0.15, -0.1) is 0 Å². The molecule has 0 bridgehead atoms. The summed E-state index contributed by atoms with van der Waals surface area (Å²) in [5.41, 5.74) is 0. The summed E-state index contributed by atoms with van der Waals surface area (Å²) in [6, 6.07) is 0. The molecule has 0 atom stereocenters. The van der Waals surface area contributed by atoms with Crippen molar-refractivity contribution in [1.82, 2.24) is 4.90 Å². The third-order valence-corrected chi connectivity index (χ3v) is 3.59. The second-order valence-corrected chi connectivity index (χ2v) is 5.39. The molecule has 0 aliphatic heterocycles. The Balaban J connectivity index is 4.32. The van der Waals surface area contributed by atoms with E-state index in [9.17, 15) is 14.4 Å². The number of carbonyl (C=O) groups is 3. The zero-order valence-corrected chi connectivity index (χ0v) is 13.1. The molecular weight excluding hydrogens is 262 g/mol. The fraction of sp³-hybridized carbons (Fsp3) is 0.786. The van der Waals surface area contributed by atoms with E-state index in [1.54, 1.807) is 16.7 Å². The maximum absolute atomic E-state index is 12.0. The van der Waals surface area contributed by atoms with Gasteiger partial charge in [-0.05, 0) is 6.26 Å². The van der Waals surface area contributed by atoms with E-state index in [-0.39, 0.29) is 17.5 Å². The lowest BCUT2D eigenvalue weighted by Crippen LogP contribution is -2.35. The Morgan fingerprint density at radius 2 is 1.37 bits per heavy atom. The van der Waals surface area contributed by atoms with Crippen molar-refractivity contribution >= 4 is 29.2 Å². The molecule has 0 radical (unpaired) electrons. The third kappa shape index (κ3) is 8.81. The smallest absolute Gasteiger partial charge is 0.223 e. The molecule has 0 aromatic carbocycles. The van der Waals surface area contributed by atoms with Crippen LogP contribution in [0.5, 0.6) is 0 Å². The summed E-state index contributed by atoms with van der Waals surface area (Å²) >= 11 is 1.62. The average Bonchev–Trinajstić information content (AvgIpc) is 2.43. The number of Topliss-reactive ketones (excluding diaryl/α,β-unsaturated/α-hetero) is 2. The summed E-state index contributed by atoms with van der Waals surface area (Å²) in [6.07, 6.45) is 4.21. The summed E-state index contributed by atoms with van der Waals surface area (Å²) in [6.45, 7) is 4.53. The fourth-order valence-corrected chi connectivity index (χ4v) is 1.96. The number of hydrogen-bond acceptors (Lipinski definition) is 4. The van der Waals surface area contributed by atoms with Crippen LogP contribution in [-0.2, 0) is 14.4 Å². The van der Waals surface area contributed by atoms with Gasteiger partial charge in [-0.3, -0.25) is 14.4 Å². The highest BCUT2D eigenvalue weighted by Crippen LogP contribution is 2.05. The largest absolute Gasteiger partial charge is 0.342 e. The fourth-order valence-electron chi connectivity index (χ4n) is 1.58. The summed E-state index contributed by atoms with van der Waals surface area (Å²) in [5, 5.41) is 0. The molecule has 4 nitrogen and oxygen atoms in total. The van der Waals surface area contributed by atoms with E-state index in [4.69, 9.17) is 0 Å². The molecule has 0 saturated carbocycles. The monoisotopic (exact) mass is 287 g/mol. The topological polar surface area (TPSA) is 54.5 Å². The zero-order valence-electron chi connectivity index (χ0n) is 12.2. The summed E-state index contributed by atoms with van der Waals surface area (Å²) in [5.74, 6) is 1.13. The first-order valence-electron chi connectivity index (χ1n) is 6.85. The molecule has 0 N–H and O–H groups in total. The Hall–Kier alpha value is -0.840. The number of rotatable bonds is 11. The highest BCUT2D eigenvalue weighted by Gasteiger charge is 2.15. The van der Waals surface area contributed by atoms with Crippen LogP contribution < -0.4 is 0 Å². The van der Waals surface area contributed by atoms with E-state index in [2.05, 4.69) is 0 Å². The van der Waals surface area contributed by atoms with Crippen LogP contribution in [0.25, 0.3) is 0 Å². The second-order valence-electron chi connectivity index (χ2n) is 4.41. The van der Waals surface area contributed by atoms with E-state index in [0.29, 0.717) is 45.2 Å². The molecule has 5 heteroatoms. The zero-order chi connectivity index (χ0) is 14.7. The highest BCUT2D eigenvalue weighted by atomic mass is 32.2. The maximum Gasteiger partial charge on any atom is 0.223 e. The molecule has 0 aromatic heterocycles. The van der Waals surface area contributed by atoms with Crippen LogP contribution in [0.4, 0.5) is 0 Å². The number of nitrogens with zero attached hydrogens (tertiary/aromatic N) is 1. The van der Waals surface area contributed by atoms with Crippen molar-refractivity contribution < 1.29 is 14.4 Å². The van der Waals surface area contributed by atoms with Gasteiger partial charge in [0, 0.05) is 50.9 Å². The summed E-state index contributed by atoms with van der Waals surface area (Å²) in [4.78, 5) is 36.3. The van der Waals surface area contributed by atoms with Gasteiger partial charge in [0.05, 0.1) is 0 Å². The maximum atomic E-state index is 12.0. The van der Waals surface area contributed by atoms with Gasteiger partial charge in [0.1, 0.15) is 11.6 Å². The van der Waals surface area contributed by atoms with Gasteiger partial charge in [-0.25, -0.2) is 0 Å². The Kier molecular flexibility index (Phi) is 10.5. The average molecular weight is 287 g/mol. The van der Waals surface area contributed by atoms with E-state index < -0.39 is 0 Å². The van der Waals surface area contributed by atoms with E-state index in [1.807, 2.05) is 20.1 Å². The predicted octanol–water partition coefficient (Wildman–Crippen LogP) is 2.31. The lowest BCUT2D eigenvalue weighted by molar-refractivity contribution is -0.131. The van der Waals surface area contributed by atoms with Crippen molar-refractivity contribution in [1.29, 1.82) is 0 Å². The Morgan fingerprint density at radius 1 is 0.895 bits per heavy atom. The van der Waals surface area contributed by atoms with E-state index >= 15 is 0 Å². The van der Waals surface area contributed by atoms with E-state index in [1.165, 1.54) is 0 Å². The van der Waals surface area contributed by atoms with Crippen molar-refractivity contribution in [2.45, 2.75) is 46.0 Å². The standard InChI is InChI=1S/C14H25NO3S/c1-4-12(16)6-9-15(10-7-13(17)5-2)14(18)8-11-19-3/h4-11H2,1-3H3. The van der Waals surface area contributed by atoms with Gasteiger partial charge in [-0.1, -0.05) is 13.8 Å². The Morgan fingerprint density at radius 3 is 1.74 bits per heavy atom. The van der Waals surface area contributed by atoms with Gasteiger partial charge in [-0.2, -0.15) is 11.8 Å². The molecular formula is C14H25NO3S. The van der Waals surface area contributed by atoms with Crippen molar-refractivity contribution in [2.24, 2.45) is 0 Å². The molecule has 110 valence electrons. The minimum atomic E-state index is 0.0437. The normalized spacial score (nSPS) is 10.3. The molecule has 0 saturated heterocycles. The van der Waals surface area contributed by atoms with Crippen LogP contribution in [0, 0.1) is 0 Å². The van der Waals surface area contributed by atoms with Crippen molar-refractivity contribution in [3.8, 4) is 0 Å². The Labute approximate surface area is 120 Å². The van der Waals surface area contributed by atoms with Gasteiger partial charge >= 0.3 is 0 Å². The molecule has 0 heterocycles. The molecule has 0 aliphatic carbocycles. The lowest BCUT2D eigenvalue weighted by Gasteiger charge is -2.22. The minimum absolute atomic E-state index is 0.0437. The quantitative estimate of drug-likeness (QED) is 0.585. The second kappa shape index (κ2) is 11.0. The number of amides is 1. The van der Waals surface area contributed by atoms with Crippen LogP contribution in [0.1, 0.15) is 46.0 Å². The van der Waals surface area contributed by atoms with Gasteiger partial charge in [0.2, 0.25) is 5.91 Å². The first kappa shape index (κ1) is 18.2. The predicted molar refractivity (Wildman–Crippen MR) is 79.4 cm³/mol. The van der Waals surface area contributed by atoms with E-state index in [0.717, 1.165) is 5.75 Å². The van der Waals surface area contributed by atoms with Crippen LogP contribution >= 0.6 is 11.8 Å². The lowest BCUT2D eigenvalue weighted by atomic mass is 10.2. The summed E-state index contributed by atoms with van der Waals surface area (Å²) < 4.78 is 0. The van der Waals surface area contributed by atoms with Gasteiger partial charge < -0.3 is 4.90 Å². The minimum Gasteiger partial charge on any atom is -0.342 e. The van der Waals surface area contributed by atoms with Crippen LogP contribution in [0.2, 0.25) is 0 Å². The number of thioether (sulfide) groups is 1. The van der Waals surface area contributed by atoms with Gasteiger partial charge in [0.25, 0.3) is 0 Å². The number of ketones is 2. The molecule has 19 heavy (non-hydrogen) atoms.